The minimum absolute atomic E-state index is 0.0826. The quantitative estimate of drug-likeness (QED) is 0.0349. The number of hydrogen-bond acceptors (Lipinski definition) is 5. The van der Waals surface area contributed by atoms with Crippen molar-refractivity contribution in [2.75, 3.05) is 19.8 Å². The molecule has 0 bridgehead atoms. The molecule has 0 aliphatic heterocycles. The predicted molar refractivity (Wildman–Crippen MR) is 242 cm³/mol. The molecule has 0 aromatic heterocycles. The Balaban J connectivity index is 4.18. The van der Waals surface area contributed by atoms with Gasteiger partial charge in [0.15, 0.2) is 6.10 Å². The van der Waals surface area contributed by atoms with Crippen molar-refractivity contribution in [2.45, 2.75) is 258 Å². The molecule has 1 unspecified atom stereocenters. The van der Waals surface area contributed by atoms with Crippen LogP contribution in [0.5, 0.6) is 0 Å². The molecule has 328 valence electrons. The molecule has 0 amide bonds. The second kappa shape index (κ2) is 47.5. The molecule has 5 heteroatoms. The number of hydrogen-bond donors (Lipinski definition) is 0. The molecule has 1 atom stereocenters. The van der Waals surface area contributed by atoms with Crippen LogP contribution >= 0.6 is 0 Å². The van der Waals surface area contributed by atoms with E-state index in [1.165, 1.54) is 173 Å². The first-order chi connectivity index (χ1) is 27.6. The molecule has 0 saturated heterocycles. The van der Waals surface area contributed by atoms with Crippen LogP contribution in [-0.4, -0.2) is 37.9 Å². The van der Waals surface area contributed by atoms with Crippen LogP contribution in [0.15, 0.2) is 36.5 Å². The van der Waals surface area contributed by atoms with E-state index in [0.29, 0.717) is 19.4 Å². The van der Waals surface area contributed by atoms with E-state index < -0.39 is 6.10 Å². The summed E-state index contributed by atoms with van der Waals surface area (Å²) in [5, 5.41) is 0. The number of rotatable bonds is 45. The van der Waals surface area contributed by atoms with Gasteiger partial charge in [0.05, 0.1) is 6.61 Å². The average molecular weight is 787 g/mol. The lowest BCUT2D eigenvalue weighted by atomic mass is 10.1. The lowest BCUT2D eigenvalue weighted by molar-refractivity contribution is -0.163. The third-order valence-electron chi connectivity index (χ3n) is 10.6. The number of allylic oxidation sites excluding steroid dienone is 6. The number of carbonyl (C=O) groups excluding carboxylic acids is 2. The van der Waals surface area contributed by atoms with Crippen molar-refractivity contribution in [1.29, 1.82) is 0 Å². The molecule has 0 rings (SSSR count). The maximum absolute atomic E-state index is 12.7. The van der Waals surface area contributed by atoms with Crippen LogP contribution in [0.25, 0.3) is 0 Å². The van der Waals surface area contributed by atoms with Crippen molar-refractivity contribution in [3.63, 3.8) is 0 Å². The molecule has 5 nitrogen and oxygen atoms in total. The molecule has 0 N–H and O–H groups in total. The smallest absolute Gasteiger partial charge is 0.306 e. The highest BCUT2D eigenvalue weighted by Gasteiger charge is 2.17. The molecule has 0 heterocycles. The molecular formula is C51H94O5. The van der Waals surface area contributed by atoms with Gasteiger partial charge in [0.2, 0.25) is 0 Å². The maximum atomic E-state index is 12.7. The van der Waals surface area contributed by atoms with Crippen molar-refractivity contribution >= 4 is 11.9 Å². The summed E-state index contributed by atoms with van der Waals surface area (Å²) in [6, 6.07) is 0. The lowest BCUT2D eigenvalue weighted by Gasteiger charge is -2.18. The summed E-state index contributed by atoms with van der Waals surface area (Å²) in [7, 11) is 0. The first kappa shape index (κ1) is 54.1. The summed E-state index contributed by atoms with van der Waals surface area (Å²) in [5.74, 6) is -0.401. The van der Waals surface area contributed by atoms with Gasteiger partial charge in [-0.15, -0.1) is 0 Å². The summed E-state index contributed by atoms with van der Waals surface area (Å²) in [5.41, 5.74) is 0. The monoisotopic (exact) mass is 787 g/mol. The van der Waals surface area contributed by atoms with Crippen LogP contribution < -0.4 is 0 Å². The Kier molecular flexibility index (Phi) is 45.9. The Bertz CT molecular complexity index is 893. The van der Waals surface area contributed by atoms with Crippen molar-refractivity contribution in [3.05, 3.63) is 36.5 Å². The molecule has 0 spiro atoms. The number of carbonyl (C=O) groups is 2. The van der Waals surface area contributed by atoms with Gasteiger partial charge in [-0.25, -0.2) is 0 Å². The average Bonchev–Trinajstić information content (AvgIpc) is 3.20. The zero-order chi connectivity index (χ0) is 40.7. The van der Waals surface area contributed by atoms with E-state index in [1.807, 2.05) is 0 Å². The third-order valence-corrected chi connectivity index (χ3v) is 10.6. The van der Waals surface area contributed by atoms with Crippen LogP contribution in [0.4, 0.5) is 0 Å². The fourth-order valence-electron chi connectivity index (χ4n) is 6.95. The van der Waals surface area contributed by atoms with Gasteiger partial charge >= 0.3 is 11.9 Å². The van der Waals surface area contributed by atoms with Crippen LogP contribution in [-0.2, 0) is 23.8 Å². The summed E-state index contributed by atoms with van der Waals surface area (Å²) >= 11 is 0. The van der Waals surface area contributed by atoms with Gasteiger partial charge in [-0.05, 0) is 70.6 Å². The Morgan fingerprint density at radius 3 is 1.27 bits per heavy atom. The highest BCUT2D eigenvalue weighted by Crippen LogP contribution is 2.14. The van der Waals surface area contributed by atoms with Gasteiger partial charge < -0.3 is 14.2 Å². The molecule has 56 heavy (non-hydrogen) atoms. The standard InChI is InChI=1S/C51H94O5/c1-4-7-10-13-16-19-21-23-25-26-27-28-30-33-35-38-41-44-50(52)55-48-49(56-51(53)45-42-39-36-32-18-15-12-9-6-3)47-54-46-43-40-37-34-31-29-24-22-20-17-14-11-8-5-2/h11,14,20,22-23,25,49H,4-10,12-13,15-19,21,24,26-48H2,1-3H3/b14-11-,22-20-,25-23-. The molecule has 0 saturated carbocycles. The highest BCUT2D eigenvalue weighted by molar-refractivity contribution is 5.70. The fourth-order valence-corrected chi connectivity index (χ4v) is 6.95. The van der Waals surface area contributed by atoms with E-state index in [2.05, 4.69) is 57.2 Å². The Hall–Kier alpha value is -1.88. The number of esters is 2. The Morgan fingerprint density at radius 2 is 0.786 bits per heavy atom. The second-order valence-electron chi connectivity index (χ2n) is 16.4. The normalized spacial score (nSPS) is 12.4. The van der Waals surface area contributed by atoms with Crippen molar-refractivity contribution in [2.24, 2.45) is 0 Å². The Morgan fingerprint density at radius 1 is 0.393 bits per heavy atom. The second-order valence-corrected chi connectivity index (χ2v) is 16.4. The first-order valence-electron chi connectivity index (χ1n) is 24.5. The van der Waals surface area contributed by atoms with E-state index >= 15 is 0 Å². The highest BCUT2D eigenvalue weighted by atomic mass is 16.6. The number of unbranched alkanes of at least 4 members (excludes halogenated alkanes) is 28. The van der Waals surface area contributed by atoms with Crippen molar-refractivity contribution in [1.82, 2.24) is 0 Å². The minimum atomic E-state index is -0.536. The largest absolute Gasteiger partial charge is 0.462 e. The molecule has 0 aliphatic carbocycles. The number of ether oxygens (including phenoxy) is 3. The topological polar surface area (TPSA) is 61.8 Å². The zero-order valence-electron chi connectivity index (χ0n) is 37.7. The summed E-state index contributed by atoms with van der Waals surface area (Å²) < 4.78 is 17.3. The van der Waals surface area contributed by atoms with Gasteiger partial charge in [0.1, 0.15) is 6.61 Å². The summed E-state index contributed by atoms with van der Waals surface area (Å²) in [4.78, 5) is 25.3. The van der Waals surface area contributed by atoms with E-state index in [4.69, 9.17) is 14.2 Å². The third kappa shape index (κ3) is 44.8. The molecule has 0 fully saturated rings. The van der Waals surface area contributed by atoms with Gasteiger partial charge in [-0.3, -0.25) is 9.59 Å². The minimum Gasteiger partial charge on any atom is -0.462 e. The molecule has 0 aromatic rings. The van der Waals surface area contributed by atoms with Crippen molar-refractivity contribution in [3.8, 4) is 0 Å². The van der Waals surface area contributed by atoms with Gasteiger partial charge in [0, 0.05) is 19.4 Å². The predicted octanol–water partition coefficient (Wildman–Crippen LogP) is 16.2. The van der Waals surface area contributed by atoms with E-state index in [-0.39, 0.29) is 25.2 Å². The maximum Gasteiger partial charge on any atom is 0.306 e. The van der Waals surface area contributed by atoms with Gasteiger partial charge in [-0.2, -0.15) is 0 Å². The Labute approximate surface area is 349 Å². The summed E-state index contributed by atoms with van der Waals surface area (Å²) in [6.07, 6.45) is 55.7. The van der Waals surface area contributed by atoms with Crippen LogP contribution in [0.2, 0.25) is 0 Å². The van der Waals surface area contributed by atoms with Crippen LogP contribution in [0, 0.1) is 0 Å². The van der Waals surface area contributed by atoms with Crippen LogP contribution in [0.3, 0.4) is 0 Å². The van der Waals surface area contributed by atoms with E-state index in [0.717, 1.165) is 44.9 Å². The summed E-state index contributed by atoms with van der Waals surface area (Å²) in [6.45, 7) is 7.75. The molecule has 0 aliphatic rings. The fraction of sp³-hybridized carbons (Fsp3) is 0.843. The molecule has 0 aromatic carbocycles. The molecule has 0 radical (unpaired) electrons. The van der Waals surface area contributed by atoms with Crippen molar-refractivity contribution < 1.29 is 23.8 Å². The van der Waals surface area contributed by atoms with Crippen LogP contribution in [0.1, 0.15) is 252 Å². The van der Waals surface area contributed by atoms with E-state index in [1.54, 1.807) is 0 Å². The molecular weight excluding hydrogens is 693 g/mol. The van der Waals surface area contributed by atoms with E-state index in [9.17, 15) is 9.59 Å². The SMILES string of the molecule is CCC/C=C\C/C=C\CCCCCCCCOCC(COC(=O)CCCCCCCCC/C=C\CCCCCCCC)OC(=O)CCCCCCCCCCC. The first-order valence-corrected chi connectivity index (χ1v) is 24.5. The lowest BCUT2D eigenvalue weighted by Crippen LogP contribution is -2.30. The zero-order valence-corrected chi connectivity index (χ0v) is 37.7. The van der Waals surface area contributed by atoms with Gasteiger partial charge in [0.25, 0.3) is 0 Å². The van der Waals surface area contributed by atoms with Gasteiger partial charge in [-0.1, -0.05) is 205 Å².